The van der Waals surface area contributed by atoms with Gasteiger partial charge in [-0.1, -0.05) is 18.2 Å². The summed E-state index contributed by atoms with van der Waals surface area (Å²) in [4.78, 5) is 10.6. The highest BCUT2D eigenvalue weighted by Crippen LogP contribution is 2.07. The van der Waals surface area contributed by atoms with Gasteiger partial charge in [0, 0.05) is 11.2 Å². The van der Waals surface area contributed by atoms with Crippen molar-refractivity contribution in [2.24, 2.45) is 0 Å². The van der Waals surface area contributed by atoms with Crippen molar-refractivity contribution in [3.8, 4) is 0 Å². The van der Waals surface area contributed by atoms with Crippen LogP contribution in [0, 0.1) is 0 Å². The van der Waals surface area contributed by atoms with Crippen LogP contribution in [0.15, 0.2) is 29.9 Å². The van der Waals surface area contributed by atoms with Gasteiger partial charge in [-0.15, -0.1) is 0 Å². The minimum Gasteiger partial charge on any atom is -0.477 e. The Morgan fingerprint density at radius 1 is 1.75 bits per heavy atom. The van der Waals surface area contributed by atoms with E-state index in [4.69, 9.17) is 16.7 Å². The normalized spacial score (nSPS) is 9.75. The topological polar surface area (TPSA) is 42.2 Å². The maximum Gasteiger partial charge on any atom is 0.352 e. The molecule has 1 heterocycles. The summed E-state index contributed by atoms with van der Waals surface area (Å²) in [6.45, 7) is 3.81. The molecule has 0 saturated carbocycles. The summed E-state index contributed by atoms with van der Waals surface area (Å²) < 4.78 is 1.53. The number of aromatic nitrogens is 1. The third-order valence-corrected chi connectivity index (χ3v) is 1.51. The number of halogens is 1. The van der Waals surface area contributed by atoms with Crippen LogP contribution in [0.25, 0.3) is 0 Å². The van der Waals surface area contributed by atoms with E-state index in [9.17, 15) is 4.79 Å². The molecule has 1 aromatic heterocycles. The van der Waals surface area contributed by atoms with E-state index in [1.807, 2.05) is 0 Å². The predicted molar refractivity (Wildman–Crippen MR) is 46.4 cm³/mol. The summed E-state index contributed by atoms with van der Waals surface area (Å²) in [6.07, 6.45) is 1.65. The van der Waals surface area contributed by atoms with Crippen LogP contribution in [0.4, 0.5) is 0 Å². The van der Waals surface area contributed by atoms with Crippen LogP contribution in [0.2, 0.25) is 0 Å². The molecule has 1 rings (SSSR count). The number of nitrogens with zero attached hydrogens (tertiary/aromatic N) is 1. The highest BCUT2D eigenvalue weighted by molar-refractivity contribution is 6.29. The zero-order chi connectivity index (χ0) is 9.14. The van der Waals surface area contributed by atoms with E-state index < -0.39 is 5.97 Å². The molecule has 0 saturated heterocycles. The van der Waals surface area contributed by atoms with Gasteiger partial charge < -0.3 is 9.67 Å². The summed E-state index contributed by atoms with van der Waals surface area (Å²) in [5.74, 6) is -0.960. The van der Waals surface area contributed by atoms with Crippen LogP contribution >= 0.6 is 11.6 Å². The highest BCUT2D eigenvalue weighted by Gasteiger charge is 2.07. The van der Waals surface area contributed by atoms with Crippen molar-refractivity contribution in [2.75, 3.05) is 0 Å². The minimum absolute atomic E-state index is 0.219. The molecule has 0 aromatic carbocycles. The third kappa shape index (κ3) is 1.89. The van der Waals surface area contributed by atoms with E-state index in [1.54, 1.807) is 12.3 Å². The molecule has 64 valence electrons. The Balaban J connectivity index is 2.91. The monoisotopic (exact) mass is 185 g/mol. The van der Waals surface area contributed by atoms with Gasteiger partial charge in [0.1, 0.15) is 5.69 Å². The first-order valence-electron chi connectivity index (χ1n) is 3.33. The summed E-state index contributed by atoms with van der Waals surface area (Å²) in [5, 5.41) is 9.08. The van der Waals surface area contributed by atoms with Crippen molar-refractivity contribution in [2.45, 2.75) is 6.54 Å². The smallest absolute Gasteiger partial charge is 0.352 e. The van der Waals surface area contributed by atoms with Gasteiger partial charge in [-0.05, 0) is 12.1 Å². The molecule has 0 spiro atoms. The van der Waals surface area contributed by atoms with Gasteiger partial charge in [-0.3, -0.25) is 0 Å². The van der Waals surface area contributed by atoms with E-state index in [0.29, 0.717) is 11.6 Å². The van der Waals surface area contributed by atoms with Crippen molar-refractivity contribution in [1.82, 2.24) is 4.57 Å². The van der Waals surface area contributed by atoms with Crippen LogP contribution in [-0.4, -0.2) is 15.6 Å². The SMILES string of the molecule is C=C(Cl)Cn1cccc1C(=O)O. The summed E-state index contributed by atoms with van der Waals surface area (Å²) in [7, 11) is 0. The van der Waals surface area contributed by atoms with Crippen LogP contribution in [-0.2, 0) is 6.54 Å². The molecule has 0 fully saturated rings. The summed E-state index contributed by atoms with van der Waals surface area (Å²) >= 11 is 5.54. The number of hydrogen-bond acceptors (Lipinski definition) is 1. The summed E-state index contributed by atoms with van der Waals surface area (Å²) in [6, 6.07) is 3.17. The lowest BCUT2D eigenvalue weighted by Gasteiger charge is -2.03. The van der Waals surface area contributed by atoms with Gasteiger partial charge in [0.25, 0.3) is 0 Å². The van der Waals surface area contributed by atoms with Gasteiger partial charge in [0.2, 0.25) is 0 Å². The molecule has 0 aliphatic rings. The van der Waals surface area contributed by atoms with E-state index >= 15 is 0 Å². The Labute approximate surface area is 74.9 Å². The zero-order valence-electron chi connectivity index (χ0n) is 6.33. The molecule has 0 amide bonds. The fourth-order valence-corrected chi connectivity index (χ4v) is 1.06. The number of hydrogen-bond donors (Lipinski definition) is 1. The largest absolute Gasteiger partial charge is 0.477 e. The molecule has 0 atom stereocenters. The zero-order valence-corrected chi connectivity index (χ0v) is 7.08. The maximum atomic E-state index is 10.6. The molecule has 4 heteroatoms. The Morgan fingerprint density at radius 3 is 2.92 bits per heavy atom. The van der Waals surface area contributed by atoms with Gasteiger partial charge in [0.05, 0.1) is 6.54 Å². The number of carbonyl (C=O) groups is 1. The van der Waals surface area contributed by atoms with Crippen LogP contribution in [0.1, 0.15) is 10.5 Å². The Kier molecular flexibility index (Phi) is 2.55. The third-order valence-electron chi connectivity index (χ3n) is 1.39. The van der Waals surface area contributed by atoms with Crippen molar-refractivity contribution in [1.29, 1.82) is 0 Å². The number of carboxylic acids is 1. The molecule has 1 aromatic rings. The van der Waals surface area contributed by atoms with Gasteiger partial charge in [-0.2, -0.15) is 0 Å². The Bertz CT molecular complexity index is 317. The van der Waals surface area contributed by atoms with Crippen molar-refractivity contribution in [3.05, 3.63) is 35.6 Å². The highest BCUT2D eigenvalue weighted by atomic mass is 35.5. The first-order valence-corrected chi connectivity index (χ1v) is 3.71. The fraction of sp³-hybridized carbons (Fsp3) is 0.125. The maximum absolute atomic E-state index is 10.6. The molecule has 0 unspecified atom stereocenters. The van der Waals surface area contributed by atoms with Gasteiger partial charge >= 0.3 is 5.97 Å². The Morgan fingerprint density at radius 2 is 2.42 bits per heavy atom. The second kappa shape index (κ2) is 3.45. The second-order valence-electron chi connectivity index (χ2n) is 2.34. The first kappa shape index (κ1) is 8.87. The lowest BCUT2D eigenvalue weighted by molar-refractivity contribution is 0.0686. The van der Waals surface area contributed by atoms with Crippen LogP contribution in [0.5, 0.6) is 0 Å². The first-order chi connectivity index (χ1) is 5.61. The van der Waals surface area contributed by atoms with Crippen molar-refractivity contribution >= 4 is 17.6 Å². The van der Waals surface area contributed by atoms with E-state index in [2.05, 4.69) is 6.58 Å². The second-order valence-corrected chi connectivity index (χ2v) is 2.88. The molecule has 0 aliphatic heterocycles. The van der Waals surface area contributed by atoms with Crippen LogP contribution < -0.4 is 0 Å². The lowest BCUT2D eigenvalue weighted by atomic mass is 10.4. The lowest BCUT2D eigenvalue weighted by Crippen LogP contribution is -2.07. The quantitative estimate of drug-likeness (QED) is 0.782. The van der Waals surface area contributed by atoms with E-state index in [-0.39, 0.29) is 5.69 Å². The fourth-order valence-electron chi connectivity index (χ4n) is 0.931. The van der Waals surface area contributed by atoms with Crippen molar-refractivity contribution < 1.29 is 9.90 Å². The molecular weight excluding hydrogens is 178 g/mol. The number of allylic oxidation sites excluding steroid dienone is 1. The number of rotatable bonds is 3. The average Bonchev–Trinajstić information content (AvgIpc) is 2.33. The molecule has 0 bridgehead atoms. The average molecular weight is 186 g/mol. The summed E-state index contributed by atoms with van der Waals surface area (Å²) in [5.41, 5.74) is 0.219. The number of aromatic carboxylic acids is 1. The number of carboxylic acid groups (broad SMARTS) is 1. The van der Waals surface area contributed by atoms with Gasteiger partial charge in [-0.25, -0.2) is 4.79 Å². The van der Waals surface area contributed by atoms with E-state index in [1.165, 1.54) is 10.6 Å². The molecule has 0 aliphatic carbocycles. The minimum atomic E-state index is -0.960. The van der Waals surface area contributed by atoms with Crippen molar-refractivity contribution in [3.63, 3.8) is 0 Å². The standard InChI is InChI=1S/C8H8ClNO2/c1-6(9)5-10-4-2-3-7(10)8(11)12/h2-4H,1,5H2,(H,11,12). The predicted octanol–water partition coefficient (Wildman–Crippen LogP) is 1.94. The molecule has 0 radical (unpaired) electrons. The molecular formula is C8H8ClNO2. The molecule has 3 nitrogen and oxygen atoms in total. The Hall–Kier alpha value is -1.22. The van der Waals surface area contributed by atoms with Gasteiger partial charge in [0.15, 0.2) is 0 Å². The van der Waals surface area contributed by atoms with Crippen LogP contribution in [0.3, 0.4) is 0 Å². The molecule has 1 N–H and O–H groups in total. The van der Waals surface area contributed by atoms with E-state index in [0.717, 1.165) is 0 Å². The molecule has 12 heavy (non-hydrogen) atoms.